The van der Waals surface area contributed by atoms with Gasteiger partial charge >= 0.3 is 0 Å². The summed E-state index contributed by atoms with van der Waals surface area (Å²) in [7, 11) is 0. The molecule has 0 radical (unpaired) electrons. The molecule has 0 bridgehead atoms. The first-order valence-corrected chi connectivity index (χ1v) is 7.90. The molecule has 1 atom stereocenters. The molecule has 1 unspecified atom stereocenters. The van der Waals surface area contributed by atoms with Gasteiger partial charge in [0.2, 0.25) is 11.8 Å². The molecule has 1 aromatic heterocycles. The fourth-order valence-electron chi connectivity index (χ4n) is 2.67. The highest BCUT2D eigenvalue weighted by Crippen LogP contribution is 2.25. The average molecular weight is 295 g/mol. The highest BCUT2D eigenvalue weighted by atomic mass is 32.1. The van der Waals surface area contributed by atoms with Gasteiger partial charge in [-0.25, -0.2) is 4.98 Å². The van der Waals surface area contributed by atoms with E-state index >= 15 is 0 Å². The third-order valence-electron chi connectivity index (χ3n) is 3.98. The maximum atomic E-state index is 12.7. The van der Waals surface area contributed by atoms with E-state index in [-0.39, 0.29) is 24.3 Å². The number of piperazine rings is 1. The normalized spacial score (nSPS) is 19.9. The molecule has 20 heavy (non-hydrogen) atoms. The number of nitrogens with one attached hydrogen (secondary N) is 1. The first-order chi connectivity index (χ1) is 9.52. The van der Waals surface area contributed by atoms with Crippen molar-refractivity contribution in [2.45, 2.75) is 45.1 Å². The average Bonchev–Trinajstić information content (AvgIpc) is 2.96. The standard InChI is InChI=1S/C14H21N3O2S/c1-4-14(5-2)13(19)17(9-11(18)16-14)8-10(3)12-15-6-7-20-12/h6-7,10H,4-5,8-9H2,1-3H3,(H,16,18). The predicted molar refractivity (Wildman–Crippen MR) is 78.6 cm³/mol. The van der Waals surface area contributed by atoms with Crippen molar-refractivity contribution >= 4 is 23.2 Å². The molecular formula is C14H21N3O2S. The summed E-state index contributed by atoms with van der Waals surface area (Å²) in [5.41, 5.74) is -0.724. The van der Waals surface area contributed by atoms with Gasteiger partial charge < -0.3 is 10.2 Å². The second kappa shape index (κ2) is 5.91. The Bertz CT molecular complexity index is 483. The van der Waals surface area contributed by atoms with Crippen LogP contribution in [0, 0.1) is 0 Å². The van der Waals surface area contributed by atoms with Gasteiger partial charge in [-0.05, 0) is 12.8 Å². The molecular weight excluding hydrogens is 274 g/mol. The van der Waals surface area contributed by atoms with Crippen molar-refractivity contribution in [2.24, 2.45) is 0 Å². The summed E-state index contributed by atoms with van der Waals surface area (Å²) in [6.07, 6.45) is 3.01. The first-order valence-electron chi connectivity index (χ1n) is 7.02. The summed E-state index contributed by atoms with van der Waals surface area (Å²) < 4.78 is 0. The summed E-state index contributed by atoms with van der Waals surface area (Å²) in [4.78, 5) is 30.5. The molecule has 2 heterocycles. The molecule has 0 aliphatic carbocycles. The van der Waals surface area contributed by atoms with E-state index in [0.29, 0.717) is 19.4 Å². The fourth-order valence-corrected chi connectivity index (χ4v) is 3.36. The molecule has 0 aromatic carbocycles. The Labute approximate surface area is 123 Å². The van der Waals surface area contributed by atoms with Crippen molar-refractivity contribution in [1.82, 2.24) is 15.2 Å². The number of carbonyl (C=O) groups is 2. The molecule has 0 spiro atoms. The molecule has 2 rings (SSSR count). The van der Waals surface area contributed by atoms with Crippen LogP contribution in [0.25, 0.3) is 0 Å². The van der Waals surface area contributed by atoms with Gasteiger partial charge in [0.25, 0.3) is 0 Å². The zero-order valence-corrected chi connectivity index (χ0v) is 13.0. The van der Waals surface area contributed by atoms with Gasteiger partial charge in [-0.2, -0.15) is 0 Å². The van der Waals surface area contributed by atoms with E-state index in [1.54, 1.807) is 22.4 Å². The van der Waals surface area contributed by atoms with Crippen molar-refractivity contribution in [2.75, 3.05) is 13.1 Å². The Kier molecular flexibility index (Phi) is 4.42. The van der Waals surface area contributed by atoms with E-state index in [1.165, 1.54) is 0 Å². The minimum absolute atomic E-state index is 0.0329. The van der Waals surface area contributed by atoms with E-state index in [2.05, 4.69) is 10.3 Å². The molecule has 1 saturated heterocycles. The molecule has 110 valence electrons. The summed E-state index contributed by atoms with van der Waals surface area (Å²) in [5.74, 6) is 0.112. The van der Waals surface area contributed by atoms with Crippen LogP contribution in [0.15, 0.2) is 11.6 Å². The van der Waals surface area contributed by atoms with Crippen molar-refractivity contribution in [3.05, 3.63) is 16.6 Å². The molecule has 2 amide bonds. The maximum absolute atomic E-state index is 12.7. The van der Waals surface area contributed by atoms with Crippen molar-refractivity contribution in [1.29, 1.82) is 0 Å². The van der Waals surface area contributed by atoms with E-state index in [4.69, 9.17) is 0 Å². The zero-order chi connectivity index (χ0) is 14.8. The lowest BCUT2D eigenvalue weighted by Gasteiger charge is -2.41. The van der Waals surface area contributed by atoms with Crippen molar-refractivity contribution < 1.29 is 9.59 Å². The van der Waals surface area contributed by atoms with E-state index < -0.39 is 5.54 Å². The molecule has 1 aliphatic heterocycles. The third-order valence-corrected chi connectivity index (χ3v) is 4.99. The lowest BCUT2D eigenvalue weighted by Crippen LogP contribution is -2.66. The second-order valence-corrected chi connectivity index (χ2v) is 6.22. The quantitative estimate of drug-likeness (QED) is 0.900. The lowest BCUT2D eigenvalue weighted by atomic mass is 9.88. The number of hydrogen-bond donors (Lipinski definition) is 1. The summed E-state index contributed by atoms with van der Waals surface area (Å²) >= 11 is 1.58. The van der Waals surface area contributed by atoms with Crippen LogP contribution in [-0.4, -0.2) is 40.3 Å². The van der Waals surface area contributed by atoms with Crippen LogP contribution in [0.1, 0.15) is 44.5 Å². The molecule has 1 aliphatic rings. The largest absolute Gasteiger partial charge is 0.340 e. The molecule has 5 nitrogen and oxygen atoms in total. The van der Waals surface area contributed by atoms with Gasteiger partial charge in [0.05, 0.1) is 11.6 Å². The Morgan fingerprint density at radius 2 is 2.15 bits per heavy atom. The third kappa shape index (κ3) is 2.70. The van der Waals surface area contributed by atoms with Crippen LogP contribution in [0.5, 0.6) is 0 Å². The monoisotopic (exact) mass is 295 g/mol. The first kappa shape index (κ1) is 15.0. The van der Waals surface area contributed by atoms with Gasteiger partial charge in [0, 0.05) is 24.0 Å². The Balaban J connectivity index is 2.14. The molecule has 1 aromatic rings. The fraction of sp³-hybridized carbons (Fsp3) is 0.643. The minimum atomic E-state index is -0.724. The Morgan fingerprint density at radius 3 is 2.70 bits per heavy atom. The Hall–Kier alpha value is -1.43. The number of rotatable bonds is 5. The maximum Gasteiger partial charge on any atom is 0.248 e. The zero-order valence-electron chi connectivity index (χ0n) is 12.2. The van der Waals surface area contributed by atoms with E-state index in [9.17, 15) is 9.59 Å². The van der Waals surface area contributed by atoms with Gasteiger partial charge in [-0.15, -0.1) is 11.3 Å². The number of amides is 2. The number of thiazole rings is 1. The highest BCUT2D eigenvalue weighted by Gasteiger charge is 2.44. The minimum Gasteiger partial charge on any atom is -0.340 e. The van der Waals surface area contributed by atoms with E-state index in [1.807, 2.05) is 26.2 Å². The van der Waals surface area contributed by atoms with Gasteiger partial charge in [0.15, 0.2) is 0 Å². The second-order valence-electron chi connectivity index (χ2n) is 5.29. The van der Waals surface area contributed by atoms with Crippen LogP contribution >= 0.6 is 11.3 Å². The number of aromatic nitrogens is 1. The lowest BCUT2D eigenvalue weighted by molar-refractivity contribution is -0.150. The number of carbonyl (C=O) groups excluding carboxylic acids is 2. The summed E-state index contributed by atoms with van der Waals surface area (Å²) in [6.45, 7) is 6.61. The molecule has 6 heteroatoms. The number of hydrogen-bond acceptors (Lipinski definition) is 4. The molecule has 1 N–H and O–H groups in total. The highest BCUT2D eigenvalue weighted by molar-refractivity contribution is 7.09. The number of nitrogens with zero attached hydrogens (tertiary/aromatic N) is 2. The summed E-state index contributed by atoms with van der Waals surface area (Å²) in [5, 5.41) is 5.81. The molecule has 0 saturated carbocycles. The van der Waals surface area contributed by atoms with Crippen LogP contribution < -0.4 is 5.32 Å². The van der Waals surface area contributed by atoms with Gasteiger partial charge in [-0.3, -0.25) is 9.59 Å². The topological polar surface area (TPSA) is 62.3 Å². The molecule has 1 fully saturated rings. The van der Waals surface area contributed by atoms with Crippen LogP contribution in [0.2, 0.25) is 0 Å². The van der Waals surface area contributed by atoms with Crippen LogP contribution in [0.3, 0.4) is 0 Å². The van der Waals surface area contributed by atoms with Gasteiger partial charge in [-0.1, -0.05) is 20.8 Å². The predicted octanol–water partition coefficient (Wildman–Crippen LogP) is 1.76. The van der Waals surface area contributed by atoms with E-state index in [0.717, 1.165) is 5.01 Å². The SMILES string of the molecule is CCC1(CC)NC(=O)CN(CC(C)c2nccs2)C1=O. The van der Waals surface area contributed by atoms with Crippen LogP contribution in [0.4, 0.5) is 0 Å². The van der Waals surface area contributed by atoms with Crippen LogP contribution in [-0.2, 0) is 9.59 Å². The van der Waals surface area contributed by atoms with Gasteiger partial charge in [0.1, 0.15) is 5.54 Å². The van der Waals surface area contributed by atoms with Crippen molar-refractivity contribution in [3.8, 4) is 0 Å². The smallest absolute Gasteiger partial charge is 0.248 e. The Morgan fingerprint density at radius 1 is 1.45 bits per heavy atom. The summed E-state index contributed by atoms with van der Waals surface area (Å²) in [6, 6.07) is 0. The van der Waals surface area contributed by atoms with Crippen molar-refractivity contribution in [3.63, 3.8) is 0 Å².